The first kappa shape index (κ1) is 16.8. The maximum Gasteiger partial charge on any atom is 0.233 e. The van der Waals surface area contributed by atoms with E-state index in [2.05, 4.69) is 22.9 Å². The van der Waals surface area contributed by atoms with Gasteiger partial charge >= 0.3 is 0 Å². The topological polar surface area (TPSA) is 69.5 Å². The first-order chi connectivity index (χ1) is 9.74. The van der Waals surface area contributed by atoms with Crippen LogP contribution in [0.1, 0.15) is 18.9 Å². The molecule has 0 saturated heterocycles. The van der Waals surface area contributed by atoms with Gasteiger partial charge in [-0.2, -0.15) is 16.9 Å². The Labute approximate surface area is 128 Å². The van der Waals surface area contributed by atoms with Crippen molar-refractivity contribution >= 4 is 35.5 Å². The lowest BCUT2D eigenvalue weighted by atomic mass is 10.2. The van der Waals surface area contributed by atoms with Crippen LogP contribution in [0.3, 0.4) is 0 Å². The van der Waals surface area contributed by atoms with Crippen molar-refractivity contribution in [2.75, 3.05) is 18.1 Å². The summed E-state index contributed by atoms with van der Waals surface area (Å²) in [6, 6.07) is 7.34. The van der Waals surface area contributed by atoms with Crippen molar-refractivity contribution in [3.05, 3.63) is 34.9 Å². The van der Waals surface area contributed by atoms with Crippen molar-refractivity contribution in [3.63, 3.8) is 0 Å². The number of rotatable bonds is 8. The highest BCUT2D eigenvalue weighted by molar-refractivity contribution is 7.99. The third-order valence-electron chi connectivity index (χ3n) is 2.14. The van der Waals surface area contributed by atoms with Gasteiger partial charge in [-0.1, -0.05) is 36.7 Å². The Kier molecular flexibility index (Phi) is 8.86. The van der Waals surface area contributed by atoms with Gasteiger partial charge in [0, 0.05) is 16.3 Å². The van der Waals surface area contributed by atoms with Crippen LogP contribution in [0.15, 0.2) is 29.4 Å². The minimum Gasteiger partial charge on any atom is -0.273 e. The highest BCUT2D eigenvalue weighted by Gasteiger charge is 1.95. The number of halogens is 1. The number of nitrogens with zero attached hydrogens (tertiary/aromatic N) is 1. The lowest BCUT2D eigenvalue weighted by Crippen LogP contribution is -2.33. The Hall–Kier alpha value is -1.24. The average molecular weight is 315 g/mol. The highest BCUT2D eigenvalue weighted by atomic mass is 35.5. The minimum absolute atomic E-state index is 0.0196. The molecule has 1 rings (SSSR count). The molecule has 1 aromatic rings. The fourth-order valence-electron chi connectivity index (χ4n) is 1.24. The largest absolute Gasteiger partial charge is 0.273 e. The quantitative estimate of drug-likeness (QED) is 0.299. The van der Waals surface area contributed by atoms with E-state index >= 15 is 0 Å². The fraction of sp³-hybridized carbons (Fsp3) is 0.385. The number of thioether (sulfide) groups is 1. The normalized spacial score (nSPS) is 10.7. The number of benzene rings is 1. The Bertz CT molecular complexity index is 442. The van der Waals surface area contributed by atoms with Crippen molar-refractivity contribution in [2.45, 2.75) is 13.3 Å². The van der Waals surface area contributed by atoms with Crippen molar-refractivity contribution < 1.29 is 4.84 Å². The molecule has 3 N–H and O–H groups in total. The number of guanidine groups is 1. The van der Waals surface area contributed by atoms with Crippen LogP contribution in [-0.2, 0) is 4.84 Å². The number of nitrogens with one attached hydrogen (secondary N) is 3. The van der Waals surface area contributed by atoms with Crippen molar-refractivity contribution in [2.24, 2.45) is 5.10 Å². The second-order valence-corrected chi connectivity index (χ2v) is 5.46. The van der Waals surface area contributed by atoms with E-state index in [-0.39, 0.29) is 5.96 Å². The van der Waals surface area contributed by atoms with Gasteiger partial charge in [-0.25, -0.2) is 10.9 Å². The molecule has 20 heavy (non-hydrogen) atoms. The van der Waals surface area contributed by atoms with Crippen LogP contribution in [-0.4, -0.2) is 30.3 Å². The molecule has 0 spiro atoms. The van der Waals surface area contributed by atoms with Gasteiger partial charge < -0.3 is 0 Å². The van der Waals surface area contributed by atoms with E-state index in [4.69, 9.17) is 21.8 Å². The lowest BCUT2D eigenvalue weighted by Gasteiger charge is -2.06. The predicted octanol–water partition coefficient (Wildman–Crippen LogP) is 2.86. The molecule has 0 atom stereocenters. The van der Waals surface area contributed by atoms with E-state index in [1.807, 2.05) is 30.0 Å². The summed E-state index contributed by atoms with van der Waals surface area (Å²) in [5.74, 6) is 2.01. The smallest absolute Gasteiger partial charge is 0.233 e. The van der Waals surface area contributed by atoms with E-state index in [0.29, 0.717) is 11.6 Å². The van der Waals surface area contributed by atoms with Crippen LogP contribution in [0.2, 0.25) is 5.02 Å². The zero-order chi connectivity index (χ0) is 14.6. The Morgan fingerprint density at radius 1 is 1.45 bits per heavy atom. The summed E-state index contributed by atoms with van der Waals surface area (Å²) >= 11 is 7.79. The first-order valence-electron chi connectivity index (χ1n) is 6.31. The number of hydrogen-bond acceptors (Lipinski definition) is 4. The van der Waals surface area contributed by atoms with Gasteiger partial charge in [0.05, 0.1) is 12.8 Å². The molecule has 0 heterocycles. The molecule has 0 bridgehead atoms. The van der Waals surface area contributed by atoms with E-state index < -0.39 is 0 Å². The molecule has 0 aliphatic heterocycles. The molecule has 7 heteroatoms. The summed E-state index contributed by atoms with van der Waals surface area (Å²) in [5, 5.41) is 12.0. The Morgan fingerprint density at radius 3 is 3.00 bits per heavy atom. The van der Waals surface area contributed by atoms with Crippen LogP contribution in [0, 0.1) is 5.41 Å². The molecule has 0 aliphatic rings. The zero-order valence-electron chi connectivity index (χ0n) is 11.4. The van der Waals surface area contributed by atoms with Crippen molar-refractivity contribution in [3.8, 4) is 0 Å². The second-order valence-electron chi connectivity index (χ2n) is 3.83. The van der Waals surface area contributed by atoms with E-state index in [1.165, 1.54) is 0 Å². The van der Waals surface area contributed by atoms with Gasteiger partial charge in [0.1, 0.15) is 0 Å². The summed E-state index contributed by atoms with van der Waals surface area (Å²) < 4.78 is 0. The first-order valence-corrected chi connectivity index (χ1v) is 7.85. The molecule has 0 amide bonds. The summed E-state index contributed by atoms with van der Waals surface area (Å²) in [6.45, 7) is 2.69. The van der Waals surface area contributed by atoms with Crippen LogP contribution < -0.4 is 10.9 Å². The van der Waals surface area contributed by atoms with Gasteiger partial charge in [-0.15, -0.1) is 0 Å². The standard InChI is InChI=1S/C13H19ClN4OS/c1-2-8-20-9-7-19-18-13(15)17-16-10-11-5-3-4-6-12(11)14/h3-6,10H,2,7-9H2,1H3,(H3,15,17,18)/b16-10+. The van der Waals surface area contributed by atoms with Crippen molar-refractivity contribution in [1.29, 1.82) is 5.41 Å². The van der Waals surface area contributed by atoms with Gasteiger partial charge in [-0.3, -0.25) is 10.2 Å². The average Bonchev–Trinajstić information content (AvgIpc) is 2.45. The minimum atomic E-state index is -0.0196. The van der Waals surface area contributed by atoms with Gasteiger partial charge in [-0.05, 0) is 18.2 Å². The predicted molar refractivity (Wildman–Crippen MR) is 86.6 cm³/mol. The zero-order valence-corrected chi connectivity index (χ0v) is 12.9. The number of hydrogen-bond donors (Lipinski definition) is 3. The fourth-order valence-corrected chi connectivity index (χ4v) is 2.12. The van der Waals surface area contributed by atoms with E-state index in [1.54, 1.807) is 12.3 Å². The van der Waals surface area contributed by atoms with E-state index in [0.717, 1.165) is 23.5 Å². The lowest BCUT2D eigenvalue weighted by molar-refractivity contribution is 0.0959. The van der Waals surface area contributed by atoms with Gasteiger partial charge in [0.25, 0.3) is 0 Å². The van der Waals surface area contributed by atoms with Crippen LogP contribution in [0.25, 0.3) is 0 Å². The molecule has 0 radical (unpaired) electrons. The monoisotopic (exact) mass is 314 g/mol. The maximum atomic E-state index is 7.52. The number of hydroxylamine groups is 1. The molecule has 0 aromatic heterocycles. The third kappa shape index (κ3) is 7.37. The molecule has 0 saturated carbocycles. The summed E-state index contributed by atoms with van der Waals surface area (Å²) in [5.41, 5.74) is 5.77. The van der Waals surface area contributed by atoms with Gasteiger partial charge in [0.15, 0.2) is 0 Å². The van der Waals surface area contributed by atoms with Crippen LogP contribution >= 0.6 is 23.4 Å². The summed E-state index contributed by atoms with van der Waals surface area (Å²) in [4.78, 5) is 5.11. The van der Waals surface area contributed by atoms with Crippen LogP contribution in [0.5, 0.6) is 0 Å². The summed E-state index contributed by atoms with van der Waals surface area (Å²) in [7, 11) is 0. The van der Waals surface area contributed by atoms with E-state index in [9.17, 15) is 0 Å². The molecule has 5 nitrogen and oxygen atoms in total. The highest BCUT2D eigenvalue weighted by Crippen LogP contribution is 2.11. The molecular weight excluding hydrogens is 296 g/mol. The summed E-state index contributed by atoms with van der Waals surface area (Å²) in [6.07, 6.45) is 2.71. The molecule has 1 aromatic carbocycles. The van der Waals surface area contributed by atoms with Crippen LogP contribution in [0.4, 0.5) is 0 Å². The molecule has 0 fully saturated rings. The molecular formula is C13H19ClN4OS. The third-order valence-corrected chi connectivity index (χ3v) is 3.63. The SMILES string of the molecule is CCCSCCONC(=N)N/N=C/c1ccccc1Cl. The van der Waals surface area contributed by atoms with Gasteiger partial charge in [0.2, 0.25) is 5.96 Å². The Balaban J connectivity index is 2.15. The maximum absolute atomic E-state index is 7.52. The molecule has 0 unspecified atom stereocenters. The molecule has 110 valence electrons. The number of hydrazone groups is 1. The Morgan fingerprint density at radius 2 is 2.25 bits per heavy atom. The van der Waals surface area contributed by atoms with Crippen molar-refractivity contribution in [1.82, 2.24) is 10.9 Å². The molecule has 0 aliphatic carbocycles. The second kappa shape index (κ2) is 10.5.